The van der Waals surface area contributed by atoms with Gasteiger partial charge in [0.25, 0.3) is 0 Å². The first-order valence-electron chi connectivity index (χ1n) is 7.12. The van der Waals surface area contributed by atoms with E-state index in [1.165, 1.54) is 0 Å². The fraction of sp³-hybridized carbons (Fsp3) is 0.105. The van der Waals surface area contributed by atoms with E-state index in [4.69, 9.17) is 4.74 Å². The third kappa shape index (κ3) is 2.93. The van der Waals surface area contributed by atoms with E-state index in [1.54, 1.807) is 18.2 Å². The van der Waals surface area contributed by atoms with Crippen molar-refractivity contribution in [1.82, 2.24) is 0 Å². The van der Waals surface area contributed by atoms with Crippen LogP contribution in [0.1, 0.15) is 10.4 Å². The van der Waals surface area contributed by atoms with E-state index in [2.05, 4.69) is 11.0 Å². The maximum atomic E-state index is 12.2. The molecule has 0 saturated carbocycles. The first kappa shape index (κ1) is 14.1. The van der Waals surface area contributed by atoms with Gasteiger partial charge in [0.1, 0.15) is 5.75 Å². The maximum absolute atomic E-state index is 12.2. The number of hydrogen-bond acceptors (Lipinski definition) is 3. The zero-order chi connectivity index (χ0) is 15.5. The zero-order valence-corrected chi connectivity index (χ0v) is 12.6. The maximum Gasteiger partial charge on any atom is 0.343 e. The Morgan fingerprint density at radius 3 is 2.27 bits per heavy atom. The van der Waals surface area contributed by atoms with Crippen LogP contribution in [0, 0.1) is 0 Å². The number of fused-ring (bicyclic) bond motifs is 1. The molecule has 0 unspecified atom stereocenters. The molecule has 3 aromatic carbocycles. The number of esters is 1. The zero-order valence-electron chi connectivity index (χ0n) is 12.6. The quantitative estimate of drug-likeness (QED) is 0.537. The molecule has 3 heteroatoms. The molecule has 0 bridgehead atoms. The first-order valence-corrected chi connectivity index (χ1v) is 7.12. The van der Waals surface area contributed by atoms with Crippen LogP contribution in [-0.2, 0) is 0 Å². The predicted molar refractivity (Wildman–Crippen MR) is 89.7 cm³/mol. The molecule has 0 atom stereocenters. The summed E-state index contributed by atoms with van der Waals surface area (Å²) in [6, 6.07) is 20.9. The Balaban J connectivity index is 1.88. The van der Waals surface area contributed by atoms with Gasteiger partial charge in [0.15, 0.2) is 0 Å². The predicted octanol–water partition coefficient (Wildman–Crippen LogP) is 4.13. The molecule has 0 heterocycles. The van der Waals surface area contributed by atoms with Gasteiger partial charge in [-0.25, -0.2) is 4.79 Å². The van der Waals surface area contributed by atoms with Crippen molar-refractivity contribution in [3.8, 4) is 5.75 Å². The van der Waals surface area contributed by atoms with Crippen LogP contribution in [0.15, 0.2) is 66.7 Å². The minimum atomic E-state index is -0.343. The summed E-state index contributed by atoms with van der Waals surface area (Å²) in [5.41, 5.74) is 1.68. The standard InChI is InChI=1S/C19H17NO2/c1-20(2)17-11-10-14-12-16(9-8-15(14)13-17)19(21)22-18-6-4-3-5-7-18/h3-13H,1-2H3. The van der Waals surface area contributed by atoms with E-state index in [-0.39, 0.29) is 5.97 Å². The van der Waals surface area contributed by atoms with Gasteiger partial charge in [-0.05, 0) is 47.2 Å². The van der Waals surface area contributed by atoms with Crippen molar-refractivity contribution in [1.29, 1.82) is 0 Å². The molecule has 3 rings (SSSR count). The summed E-state index contributed by atoms with van der Waals surface area (Å²) >= 11 is 0. The first-order chi connectivity index (χ1) is 10.6. The molecule has 0 radical (unpaired) electrons. The minimum Gasteiger partial charge on any atom is -0.423 e. The molecular weight excluding hydrogens is 274 g/mol. The third-order valence-electron chi connectivity index (χ3n) is 3.53. The number of hydrogen-bond donors (Lipinski definition) is 0. The van der Waals surface area contributed by atoms with Crippen molar-refractivity contribution in [3.63, 3.8) is 0 Å². The van der Waals surface area contributed by atoms with Gasteiger partial charge in [-0.15, -0.1) is 0 Å². The van der Waals surface area contributed by atoms with Gasteiger partial charge < -0.3 is 9.64 Å². The lowest BCUT2D eigenvalue weighted by atomic mass is 10.1. The third-order valence-corrected chi connectivity index (χ3v) is 3.53. The van der Waals surface area contributed by atoms with Crippen LogP contribution in [-0.4, -0.2) is 20.1 Å². The number of carbonyl (C=O) groups is 1. The average Bonchev–Trinajstić information content (AvgIpc) is 2.54. The molecule has 0 aliphatic heterocycles. The van der Waals surface area contributed by atoms with Crippen molar-refractivity contribution >= 4 is 22.4 Å². The number of carbonyl (C=O) groups excluding carboxylic acids is 1. The second kappa shape index (κ2) is 5.90. The fourth-order valence-corrected chi connectivity index (χ4v) is 2.29. The largest absolute Gasteiger partial charge is 0.423 e. The van der Waals surface area contributed by atoms with Gasteiger partial charge in [-0.1, -0.05) is 30.3 Å². The SMILES string of the molecule is CN(C)c1ccc2cc(C(=O)Oc3ccccc3)ccc2c1. The molecule has 0 fully saturated rings. The number of nitrogens with zero attached hydrogens (tertiary/aromatic N) is 1. The number of para-hydroxylation sites is 1. The van der Waals surface area contributed by atoms with E-state index in [9.17, 15) is 4.79 Å². The van der Waals surface area contributed by atoms with Gasteiger partial charge in [-0.3, -0.25) is 0 Å². The lowest BCUT2D eigenvalue weighted by Gasteiger charge is -2.13. The molecular formula is C19H17NO2. The van der Waals surface area contributed by atoms with Gasteiger partial charge in [-0.2, -0.15) is 0 Å². The lowest BCUT2D eigenvalue weighted by Crippen LogP contribution is -2.09. The fourth-order valence-electron chi connectivity index (χ4n) is 2.29. The smallest absolute Gasteiger partial charge is 0.343 e. The Bertz CT molecular complexity index is 810. The monoisotopic (exact) mass is 291 g/mol. The summed E-state index contributed by atoms with van der Waals surface area (Å²) in [6.45, 7) is 0. The van der Waals surface area contributed by atoms with E-state index < -0.39 is 0 Å². The van der Waals surface area contributed by atoms with Crippen molar-refractivity contribution in [3.05, 3.63) is 72.3 Å². The van der Waals surface area contributed by atoms with Crippen LogP contribution >= 0.6 is 0 Å². The van der Waals surface area contributed by atoms with Crippen molar-refractivity contribution in [2.24, 2.45) is 0 Å². The van der Waals surface area contributed by atoms with Crippen molar-refractivity contribution in [2.75, 3.05) is 19.0 Å². The highest BCUT2D eigenvalue weighted by Gasteiger charge is 2.09. The van der Waals surface area contributed by atoms with Gasteiger partial charge in [0, 0.05) is 19.8 Å². The minimum absolute atomic E-state index is 0.343. The van der Waals surface area contributed by atoms with Crippen LogP contribution < -0.4 is 9.64 Å². The molecule has 0 aliphatic carbocycles. The second-order valence-electron chi connectivity index (χ2n) is 5.34. The summed E-state index contributed by atoms with van der Waals surface area (Å²) < 4.78 is 5.36. The van der Waals surface area contributed by atoms with E-state index in [1.807, 2.05) is 56.6 Å². The molecule has 3 aromatic rings. The van der Waals surface area contributed by atoms with Crippen LogP contribution in [0.4, 0.5) is 5.69 Å². The van der Waals surface area contributed by atoms with E-state index >= 15 is 0 Å². The number of benzene rings is 3. The Kier molecular flexibility index (Phi) is 3.79. The number of anilines is 1. The molecule has 0 amide bonds. The number of ether oxygens (including phenoxy) is 1. The average molecular weight is 291 g/mol. The Morgan fingerprint density at radius 2 is 1.55 bits per heavy atom. The normalized spacial score (nSPS) is 10.5. The Hall–Kier alpha value is -2.81. The van der Waals surface area contributed by atoms with Gasteiger partial charge in [0.05, 0.1) is 5.56 Å². The topological polar surface area (TPSA) is 29.5 Å². The summed E-state index contributed by atoms with van der Waals surface area (Å²) in [7, 11) is 4.01. The molecule has 0 aromatic heterocycles. The van der Waals surface area contributed by atoms with Crippen LogP contribution in [0.25, 0.3) is 10.8 Å². The highest BCUT2D eigenvalue weighted by molar-refractivity contribution is 5.97. The highest BCUT2D eigenvalue weighted by Crippen LogP contribution is 2.22. The van der Waals surface area contributed by atoms with Crippen molar-refractivity contribution in [2.45, 2.75) is 0 Å². The van der Waals surface area contributed by atoms with Gasteiger partial charge in [0.2, 0.25) is 0 Å². The molecule has 0 spiro atoms. The van der Waals surface area contributed by atoms with Crippen LogP contribution in [0.5, 0.6) is 5.75 Å². The molecule has 110 valence electrons. The Labute approximate surface area is 129 Å². The van der Waals surface area contributed by atoms with Gasteiger partial charge >= 0.3 is 5.97 Å². The van der Waals surface area contributed by atoms with E-state index in [0.717, 1.165) is 16.5 Å². The van der Waals surface area contributed by atoms with Crippen LogP contribution in [0.2, 0.25) is 0 Å². The second-order valence-corrected chi connectivity index (χ2v) is 5.34. The van der Waals surface area contributed by atoms with E-state index in [0.29, 0.717) is 11.3 Å². The summed E-state index contributed by atoms with van der Waals surface area (Å²) in [4.78, 5) is 14.3. The molecule has 0 N–H and O–H groups in total. The van der Waals surface area contributed by atoms with Crippen molar-refractivity contribution < 1.29 is 9.53 Å². The number of rotatable bonds is 3. The molecule has 0 saturated heterocycles. The molecule has 3 nitrogen and oxygen atoms in total. The molecule has 22 heavy (non-hydrogen) atoms. The Morgan fingerprint density at radius 1 is 0.864 bits per heavy atom. The summed E-state index contributed by atoms with van der Waals surface area (Å²) in [5.74, 6) is 0.209. The highest BCUT2D eigenvalue weighted by atomic mass is 16.5. The van der Waals surface area contributed by atoms with Crippen LogP contribution in [0.3, 0.4) is 0 Å². The summed E-state index contributed by atoms with van der Waals surface area (Å²) in [5, 5.41) is 2.12. The molecule has 0 aliphatic rings. The lowest BCUT2D eigenvalue weighted by molar-refractivity contribution is 0.0735. The summed E-state index contributed by atoms with van der Waals surface area (Å²) in [6.07, 6.45) is 0.